The van der Waals surface area contributed by atoms with Crippen LogP contribution in [0.4, 0.5) is 0 Å². The maximum atomic E-state index is 5.86. The highest BCUT2D eigenvalue weighted by Crippen LogP contribution is 2.56. The molecule has 0 aromatic heterocycles. The second-order valence-electron chi connectivity index (χ2n) is 6.06. The van der Waals surface area contributed by atoms with Gasteiger partial charge in [-0.1, -0.05) is 0 Å². The number of fused-ring (bicyclic) bond motifs is 1. The van der Waals surface area contributed by atoms with Crippen molar-refractivity contribution < 1.29 is 9.47 Å². The predicted octanol–water partition coefficient (Wildman–Crippen LogP) is 2.76. The van der Waals surface area contributed by atoms with Gasteiger partial charge in [0.15, 0.2) is 0 Å². The lowest BCUT2D eigenvalue weighted by Crippen LogP contribution is -2.44. The summed E-state index contributed by atoms with van der Waals surface area (Å²) in [4.78, 5) is 0. The molecule has 2 nitrogen and oxygen atoms in total. The molecular weight excluding hydrogens is 188 g/mol. The molecule has 0 N–H and O–H groups in total. The van der Waals surface area contributed by atoms with Crippen LogP contribution >= 0.6 is 0 Å². The second-order valence-corrected chi connectivity index (χ2v) is 6.06. The highest BCUT2D eigenvalue weighted by Gasteiger charge is 2.53. The zero-order valence-electron chi connectivity index (χ0n) is 9.92. The van der Waals surface area contributed by atoms with Crippen LogP contribution in [0.5, 0.6) is 0 Å². The van der Waals surface area contributed by atoms with Crippen molar-refractivity contribution in [2.45, 2.75) is 56.1 Å². The maximum absolute atomic E-state index is 5.86. The molecule has 0 atom stereocenters. The fourth-order valence-corrected chi connectivity index (χ4v) is 4.62. The molecule has 86 valence electrons. The Labute approximate surface area is 92.3 Å². The minimum atomic E-state index is 0.213. The summed E-state index contributed by atoms with van der Waals surface area (Å²) in [6, 6.07) is 0. The summed E-state index contributed by atoms with van der Waals surface area (Å²) in [5.74, 6) is 1.72. The molecule has 0 saturated heterocycles. The van der Waals surface area contributed by atoms with Gasteiger partial charge in [-0.15, -0.1) is 0 Å². The lowest BCUT2D eigenvalue weighted by atomic mass is 9.65. The quantitative estimate of drug-likeness (QED) is 0.697. The van der Waals surface area contributed by atoms with Crippen molar-refractivity contribution >= 4 is 0 Å². The molecule has 4 saturated carbocycles. The van der Waals surface area contributed by atoms with Gasteiger partial charge in [0, 0.05) is 14.2 Å². The van der Waals surface area contributed by atoms with Crippen LogP contribution in [0.1, 0.15) is 44.9 Å². The Morgan fingerprint density at radius 2 is 1.20 bits per heavy atom. The van der Waals surface area contributed by atoms with Crippen molar-refractivity contribution in [2.24, 2.45) is 11.8 Å². The number of methoxy groups -OCH3 is 2. The van der Waals surface area contributed by atoms with E-state index in [1.165, 1.54) is 44.9 Å². The zero-order chi connectivity index (χ0) is 10.5. The van der Waals surface area contributed by atoms with Crippen LogP contribution in [-0.2, 0) is 9.47 Å². The summed E-state index contributed by atoms with van der Waals surface area (Å²) < 4.78 is 11.7. The van der Waals surface area contributed by atoms with Gasteiger partial charge >= 0.3 is 0 Å². The molecule has 0 unspecified atom stereocenters. The van der Waals surface area contributed by atoms with E-state index in [9.17, 15) is 0 Å². The molecule has 4 bridgehead atoms. The van der Waals surface area contributed by atoms with Crippen LogP contribution in [0.3, 0.4) is 0 Å². The Balaban J connectivity index is 1.94. The van der Waals surface area contributed by atoms with Crippen LogP contribution < -0.4 is 0 Å². The van der Waals surface area contributed by atoms with Gasteiger partial charge in [-0.2, -0.15) is 0 Å². The summed E-state index contributed by atoms with van der Waals surface area (Å²) in [5, 5.41) is 0. The van der Waals surface area contributed by atoms with Gasteiger partial charge in [-0.3, -0.25) is 0 Å². The van der Waals surface area contributed by atoms with Crippen LogP contribution in [0.25, 0.3) is 0 Å². The molecule has 0 amide bonds. The summed E-state index contributed by atoms with van der Waals surface area (Å²) >= 11 is 0. The number of hydrogen-bond acceptors (Lipinski definition) is 2. The molecule has 4 aliphatic rings. The largest absolute Gasteiger partial charge is 0.378 e. The third-order valence-corrected chi connectivity index (χ3v) is 5.21. The standard InChI is InChI=1S/C13H22O2/c1-14-12-3-4-13(15-2)8-10(6-12)5-11(7-12)9-13/h10-11H,3-9H2,1-2H3. The van der Waals surface area contributed by atoms with Gasteiger partial charge in [0.2, 0.25) is 0 Å². The lowest BCUT2D eigenvalue weighted by molar-refractivity contribution is -0.0997. The molecule has 0 heterocycles. The summed E-state index contributed by atoms with van der Waals surface area (Å²) in [6.45, 7) is 0. The zero-order valence-corrected chi connectivity index (χ0v) is 9.92. The highest BCUT2D eigenvalue weighted by atomic mass is 16.5. The first-order valence-electron chi connectivity index (χ1n) is 6.30. The van der Waals surface area contributed by atoms with Gasteiger partial charge < -0.3 is 9.47 Å². The van der Waals surface area contributed by atoms with Crippen molar-refractivity contribution in [3.05, 3.63) is 0 Å². The van der Waals surface area contributed by atoms with Gasteiger partial charge in [-0.25, -0.2) is 0 Å². The lowest BCUT2D eigenvalue weighted by Gasteiger charge is -2.47. The molecule has 15 heavy (non-hydrogen) atoms. The number of hydrogen-bond donors (Lipinski definition) is 0. The van der Waals surface area contributed by atoms with E-state index in [1.807, 2.05) is 14.2 Å². The molecule has 0 aromatic rings. The second kappa shape index (κ2) is 3.21. The molecule has 0 spiro atoms. The Morgan fingerprint density at radius 3 is 1.53 bits per heavy atom. The predicted molar refractivity (Wildman–Crippen MR) is 58.8 cm³/mol. The minimum absolute atomic E-state index is 0.213. The fourth-order valence-electron chi connectivity index (χ4n) is 4.62. The van der Waals surface area contributed by atoms with E-state index in [1.54, 1.807) is 0 Å². The molecule has 0 aliphatic heterocycles. The first kappa shape index (κ1) is 10.1. The Hall–Kier alpha value is -0.0800. The molecule has 2 heteroatoms. The monoisotopic (exact) mass is 210 g/mol. The van der Waals surface area contributed by atoms with Crippen LogP contribution in [-0.4, -0.2) is 25.4 Å². The van der Waals surface area contributed by atoms with E-state index in [-0.39, 0.29) is 11.2 Å². The van der Waals surface area contributed by atoms with E-state index in [0.29, 0.717) is 0 Å². The fraction of sp³-hybridized carbons (Fsp3) is 1.00. The normalized spacial score (nSPS) is 53.2. The third-order valence-electron chi connectivity index (χ3n) is 5.21. The smallest absolute Gasteiger partial charge is 0.0685 e. The maximum Gasteiger partial charge on any atom is 0.0685 e. The number of rotatable bonds is 2. The molecule has 4 fully saturated rings. The summed E-state index contributed by atoms with van der Waals surface area (Å²) in [7, 11) is 3.81. The van der Waals surface area contributed by atoms with Gasteiger partial charge in [0.05, 0.1) is 11.2 Å². The first-order chi connectivity index (χ1) is 7.19. The van der Waals surface area contributed by atoms with Gasteiger partial charge in [0.1, 0.15) is 0 Å². The average Bonchev–Trinajstić information content (AvgIpc) is 2.42. The van der Waals surface area contributed by atoms with Crippen molar-refractivity contribution in [3.63, 3.8) is 0 Å². The topological polar surface area (TPSA) is 18.5 Å². The van der Waals surface area contributed by atoms with Gasteiger partial charge in [0.25, 0.3) is 0 Å². The Morgan fingerprint density at radius 1 is 0.800 bits per heavy atom. The SMILES string of the molecule is COC12CCC3(OC)CC(CC(C1)C3)C2. The molecular formula is C13H22O2. The Kier molecular flexibility index (Phi) is 2.16. The van der Waals surface area contributed by atoms with Crippen molar-refractivity contribution in [1.29, 1.82) is 0 Å². The van der Waals surface area contributed by atoms with Gasteiger partial charge in [-0.05, 0) is 56.8 Å². The van der Waals surface area contributed by atoms with Crippen molar-refractivity contribution in [2.75, 3.05) is 14.2 Å². The molecule has 0 aromatic carbocycles. The molecule has 0 radical (unpaired) electrons. The van der Waals surface area contributed by atoms with Crippen molar-refractivity contribution in [1.82, 2.24) is 0 Å². The summed E-state index contributed by atoms with van der Waals surface area (Å²) in [6.07, 6.45) is 8.98. The first-order valence-corrected chi connectivity index (χ1v) is 6.30. The minimum Gasteiger partial charge on any atom is -0.378 e. The van der Waals surface area contributed by atoms with E-state index in [4.69, 9.17) is 9.47 Å². The van der Waals surface area contributed by atoms with Crippen LogP contribution in [0, 0.1) is 11.8 Å². The van der Waals surface area contributed by atoms with Crippen LogP contribution in [0.2, 0.25) is 0 Å². The van der Waals surface area contributed by atoms with E-state index in [2.05, 4.69) is 0 Å². The van der Waals surface area contributed by atoms with E-state index >= 15 is 0 Å². The number of ether oxygens (including phenoxy) is 2. The third kappa shape index (κ3) is 1.45. The highest BCUT2D eigenvalue weighted by molar-refractivity contribution is 5.05. The Bertz CT molecular complexity index is 223. The average molecular weight is 210 g/mol. The van der Waals surface area contributed by atoms with E-state index in [0.717, 1.165) is 11.8 Å². The van der Waals surface area contributed by atoms with Crippen LogP contribution in [0.15, 0.2) is 0 Å². The summed E-state index contributed by atoms with van der Waals surface area (Å²) in [5.41, 5.74) is 0.425. The van der Waals surface area contributed by atoms with Crippen molar-refractivity contribution in [3.8, 4) is 0 Å². The molecule has 4 aliphatic carbocycles. The van der Waals surface area contributed by atoms with E-state index < -0.39 is 0 Å². The molecule has 4 rings (SSSR count).